The molecule has 1 aliphatic rings. The Morgan fingerprint density at radius 2 is 1.86 bits per heavy atom. The van der Waals surface area contributed by atoms with Gasteiger partial charge in [-0.1, -0.05) is 23.2 Å². The highest BCUT2D eigenvalue weighted by Crippen LogP contribution is 2.35. The average molecular weight is 362 g/mol. The molecule has 0 saturated carbocycles. The first kappa shape index (κ1) is 17.8. The predicted molar refractivity (Wildman–Crippen MR) is 92.9 cm³/mol. The quantitative estimate of drug-likeness (QED) is 0.663. The van der Waals surface area contributed by atoms with E-state index < -0.39 is 5.60 Å². The second-order valence-corrected chi connectivity index (χ2v) is 8.47. The highest BCUT2D eigenvalue weighted by atomic mass is 35.5. The molecular formula is C16H21Cl2NO2S. The SMILES string of the molecule is CC(C)(C)OC(=O)N1CCCCC1Sc1cc(Cl)cc(Cl)c1. The molecule has 0 radical (unpaired) electrons. The molecule has 1 unspecified atom stereocenters. The fourth-order valence-corrected chi connectivity index (χ4v) is 4.27. The van der Waals surface area contributed by atoms with Crippen LogP contribution in [0, 0.1) is 0 Å². The number of ether oxygens (including phenoxy) is 1. The smallest absolute Gasteiger partial charge is 0.411 e. The minimum atomic E-state index is -0.483. The molecule has 22 heavy (non-hydrogen) atoms. The second-order valence-electron chi connectivity index (χ2n) is 6.35. The van der Waals surface area contributed by atoms with Crippen LogP contribution in [0.3, 0.4) is 0 Å². The topological polar surface area (TPSA) is 29.5 Å². The van der Waals surface area contributed by atoms with Gasteiger partial charge in [0.1, 0.15) is 5.60 Å². The third-order valence-corrected chi connectivity index (χ3v) is 4.89. The normalized spacial score (nSPS) is 19.1. The summed E-state index contributed by atoms with van der Waals surface area (Å²) in [4.78, 5) is 15.2. The summed E-state index contributed by atoms with van der Waals surface area (Å²) in [5, 5.41) is 1.27. The molecule has 3 nitrogen and oxygen atoms in total. The van der Waals surface area contributed by atoms with E-state index in [1.165, 1.54) is 0 Å². The van der Waals surface area contributed by atoms with Crippen LogP contribution >= 0.6 is 35.0 Å². The molecule has 1 aromatic rings. The highest BCUT2D eigenvalue weighted by Gasteiger charge is 2.31. The van der Waals surface area contributed by atoms with E-state index in [0.29, 0.717) is 10.0 Å². The molecule has 1 amide bonds. The number of hydrogen-bond acceptors (Lipinski definition) is 3. The van der Waals surface area contributed by atoms with Gasteiger partial charge in [-0.05, 0) is 58.2 Å². The van der Waals surface area contributed by atoms with E-state index >= 15 is 0 Å². The summed E-state index contributed by atoms with van der Waals surface area (Å²) < 4.78 is 5.51. The first-order valence-corrected chi connectivity index (χ1v) is 9.00. The second kappa shape index (κ2) is 7.33. The van der Waals surface area contributed by atoms with Crippen LogP contribution in [0.5, 0.6) is 0 Å². The van der Waals surface area contributed by atoms with Crippen molar-refractivity contribution in [1.29, 1.82) is 0 Å². The summed E-state index contributed by atoms with van der Waals surface area (Å²) in [7, 11) is 0. The van der Waals surface area contributed by atoms with Crippen LogP contribution in [0.1, 0.15) is 40.0 Å². The van der Waals surface area contributed by atoms with Crippen LogP contribution in [0.2, 0.25) is 10.0 Å². The minimum Gasteiger partial charge on any atom is -0.444 e. The Labute approximate surface area is 146 Å². The summed E-state index contributed by atoms with van der Waals surface area (Å²) in [6.07, 6.45) is 2.80. The molecular weight excluding hydrogens is 341 g/mol. The zero-order valence-corrected chi connectivity index (χ0v) is 15.4. The van der Waals surface area contributed by atoms with Crippen molar-refractivity contribution in [3.63, 3.8) is 0 Å². The van der Waals surface area contributed by atoms with Gasteiger partial charge in [-0.25, -0.2) is 4.79 Å². The molecule has 1 aliphatic heterocycles. The summed E-state index contributed by atoms with van der Waals surface area (Å²) in [5.41, 5.74) is -0.483. The van der Waals surface area contributed by atoms with Gasteiger partial charge in [-0.15, -0.1) is 11.8 Å². The molecule has 2 rings (SSSR count). The number of nitrogens with zero attached hydrogens (tertiary/aromatic N) is 1. The fraction of sp³-hybridized carbons (Fsp3) is 0.562. The molecule has 0 bridgehead atoms. The Morgan fingerprint density at radius 3 is 2.45 bits per heavy atom. The lowest BCUT2D eigenvalue weighted by Crippen LogP contribution is -2.44. The summed E-state index contributed by atoms with van der Waals surface area (Å²) in [5.74, 6) is 0. The van der Waals surface area contributed by atoms with Crippen LogP contribution in [-0.2, 0) is 4.74 Å². The number of benzene rings is 1. The van der Waals surface area contributed by atoms with Gasteiger partial charge in [0, 0.05) is 21.5 Å². The Bertz CT molecular complexity index is 525. The van der Waals surface area contributed by atoms with E-state index in [0.717, 1.165) is 30.7 Å². The van der Waals surface area contributed by atoms with Crippen LogP contribution < -0.4 is 0 Å². The zero-order valence-electron chi connectivity index (χ0n) is 13.1. The fourth-order valence-electron chi connectivity index (χ4n) is 2.31. The van der Waals surface area contributed by atoms with Crippen molar-refractivity contribution >= 4 is 41.1 Å². The number of likely N-dealkylation sites (tertiary alicyclic amines) is 1. The maximum absolute atomic E-state index is 12.4. The molecule has 1 fully saturated rings. The number of thioether (sulfide) groups is 1. The molecule has 0 aliphatic carbocycles. The number of carbonyl (C=O) groups is 1. The van der Waals surface area contributed by atoms with Gasteiger partial charge in [0.05, 0.1) is 5.37 Å². The number of rotatable bonds is 2. The molecule has 1 atom stereocenters. The predicted octanol–water partition coefficient (Wildman–Crippen LogP) is 5.83. The first-order valence-electron chi connectivity index (χ1n) is 7.37. The number of amides is 1. The van der Waals surface area contributed by atoms with Crippen molar-refractivity contribution in [2.24, 2.45) is 0 Å². The number of hydrogen-bond donors (Lipinski definition) is 0. The monoisotopic (exact) mass is 361 g/mol. The van der Waals surface area contributed by atoms with Gasteiger partial charge in [0.15, 0.2) is 0 Å². The van der Waals surface area contributed by atoms with E-state index in [-0.39, 0.29) is 11.5 Å². The van der Waals surface area contributed by atoms with Crippen molar-refractivity contribution in [3.8, 4) is 0 Å². The Kier molecular flexibility index (Phi) is 5.92. The van der Waals surface area contributed by atoms with Crippen molar-refractivity contribution < 1.29 is 9.53 Å². The minimum absolute atomic E-state index is 0.0538. The van der Waals surface area contributed by atoms with Crippen molar-refractivity contribution in [2.45, 2.75) is 55.9 Å². The molecule has 0 N–H and O–H groups in total. The van der Waals surface area contributed by atoms with E-state index in [4.69, 9.17) is 27.9 Å². The van der Waals surface area contributed by atoms with E-state index in [1.807, 2.05) is 37.8 Å². The van der Waals surface area contributed by atoms with Crippen LogP contribution in [-0.4, -0.2) is 28.5 Å². The third kappa shape index (κ3) is 5.25. The molecule has 1 heterocycles. The Morgan fingerprint density at radius 1 is 1.23 bits per heavy atom. The number of piperidine rings is 1. The van der Waals surface area contributed by atoms with Gasteiger partial charge in [-0.3, -0.25) is 4.90 Å². The van der Waals surface area contributed by atoms with E-state index in [1.54, 1.807) is 17.8 Å². The third-order valence-electron chi connectivity index (χ3n) is 3.18. The standard InChI is InChI=1S/C16H21Cl2NO2S/c1-16(2,3)21-15(20)19-7-5-4-6-14(19)22-13-9-11(17)8-12(18)10-13/h8-10,14H,4-7H2,1-3H3. The largest absolute Gasteiger partial charge is 0.444 e. The molecule has 6 heteroatoms. The van der Waals surface area contributed by atoms with Crippen molar-refractivity contribution in [1.82, 2.24) is 4.90 Å². The van der Waals surface area contributed by atoms with Crippen LogP contribution in [0.25, 0.3) is 0 Å². The van der Waals surface area contributed by atoms with Gasteiger partial charge < -0.3 is 4.74 Å². The molecule has 122 valence electrons. The lowest BCUT2D eigenvalue weighted by Gasteiger charge is -2.36. The summed E-state index contributed by atoms with van der Waals surface area (Å²) in [6, 6.07) is 5.46. The molecule has 1 aromatic carbocycles. The van der Waals surface area contributed by atoms with Crippen LogP contribution in [0.4, 0.5) is 4.79 Å². The average Bonchev–Trinajstić information content (AvgIpc) is 2.35. The number of carbonyl (C=O) groups excluding carboxylic acids is 1. The maximum atomic E-state index is 12.4. The van der Waals surface area contributed by atoms with Gasteiger partial charge in [0.2, 0.25) is 0 Å². The first-order chi connectivity index (χ1) is 10.2. The van der Waals surface area contributed by atoms with Gasteiger partial charge in [0.25, 0.3) is 0 Å². The zero-order chi connectivity index (χ0) is 16.3. The molecule has 1 saturated heterocycles. The van der Waals surface area contributed by atoms with Crippen molar-refractivity contribution in [3.05, 3.63) is 28.2 Å². The number of halogens is 2. The van der Waals surface area contributed by atoms with E-state index in [2.05, 4.69) is 0 Å². The Balaban J connectivity index is 2.11. The Hall–Kier alpha value is -0.580. The van der Waals surface area contributed by atoms with Gasteiger partial charge in [-0.2, -0.15) is 0 Å². The van der Waals surface area contributed by atoms with Crippen molar-refractivity contribution in [2.75, 3.05) is 6.54 Å². The maximum Gasteiger partial charge on any atom is 0.411 e. The molecule has 0 aromatic heterocycles. The lowest BCUT2D eigenvalue weighted by molar-refractivity contribution is 0.0186. The van der Waals surface area contributed by atoms with Gasteiger partial charge >= 0.3 is 6.09 Å². The van der Waals surface area contributed by atoms with Crippen LogP contribution in [0.15, 0.2) is 23.1 Å². The lowest BCUT2D eigenvalue weighted by atomic mass is 10.1. The summed E-state index contributed by atoms with van der Waals surface area (Å²) in [6.45, 7) is 6.37. The molecule has 0 spiro atoms. The highest BCUT2D eigenvalue weighted by molar-refractivity contribution is 7.99. The summed E-state index contributed by atoms with van der Waals surface area (Å²) >= 11 is 13.7. The van der Waals surface area contributed by atoms with E-state index in [9.17, 15) is 4.79 Å².